The Labute approximate surface area is 734 Å². The van der Waals surface area contributed by atoms with Gasteiger partial charge in [0.25, 0.3) is 17.7 Å². The number of nitrogens with one attached hydrogen (secondary N) is 2. The minimum atomic E-state index is -3.55. The molecule has 0 spiro atoms. The van der Waals surface area contributed by atoms with Crippen LogP contribution in [0.2, 0.25) is 0 Å². The van der Waals surface area contributed by atoms with Crippen molar-refractivity contribution < 1.29 is 56.0 Å². The Bertz CT molecular complexity index is 5110. The zero-order valence-corrected chi connectivity index (χ0v) is 74.8. The van der Waals surface area contributed by atoms with Gasteiger partial charge in [-0.25, -0.2) is 17.9 Å². The van der Waals surface area contributed by atoms with E-state index in [-0.39, 0.29) is 42.4 Å². The van der Waals surface area contributed by atoms with Gasteiger partial charge in [0, 0.05) is 200 Å². The Morgan fingerprint density at radius 3 is 1.11 bits per heavy atom. The number of hydrogen-bond donors (Lipinski definition) is 3. The number of carbonyl (C=O) groups excluding carboxylic acids is 4. The number of piperazine rings is 3. The maximum atomic E-state index is 14.2. The SMILES string of the molecule is CCN1CCN(c2cccc3c2CN([C@H](CCCN(Cc2ccncc2)Cc2ccncc2)c2ccc(OC)c(OC)c2)C3=O)CC1.CCN1CCN(c2cccc3c2CN([C@H](CCCNC(N)=O)c2ccc(OC)c(OC)c2)C3=O)CC1.CCN1CCN(c2cccc3c2CN([C@H](CCCNS(=O)(=O)c2cccs2)c2ccc(OC)c(OC)c2)C3=O)CC1. The van der Waals surface area contributed by atoms with Crippen molar-refractivity contribution in [3.05, 3.63) is 237 Å². The van der Waals surface area contributed by atoms with Crippen molar-refractivity contribution in [2.24, 2.45) is 5.73 Å². The molecule has 3 aromatic heterocycles. The fourth-order valence-electron chi connectivity index (χ4n) is 18.0. The number of rotatable bonds is 36. The lowest BCUT2D eigenvalue weighted by Crippen LogP contribution is -2.46. The van der Waals surface area contributed by atoms with Crippen LogP contribution in [0.15, 0.2) is 180 Å². The fraction of sp³-hybridized carbons (Fsp3) is 0.432. The first kappa shape index (κ1) is 90.7. The molecule has 15 rings (SSSR count). The zero-order chi connectivity index (χ0) is 87.2. The number of thiophene rings is 1. The first-order chi connectivity index (χ1) is 60.4. The Hall–Kier alpha value is -11.1. The van der Waals surface area contributed by atoms with Gasteiger partial charge in [-0.15, -0.1) is 11.3 Å². The van der Waals surface area contributed by atoms with Crippen molar-refractivity contribution in [2.75, 3.05) is 175 Å². The number of carbonyl (C=O) groups is 4. The highest BCUT2D eigenvalue weighted by atomic mass is 32.2. The molecule has 6 aromatic carbocycles. The Morgan fingerprint density at radius 1 is 0.444 bits per heavy atom. The van der Waals surface area contributed by atoms with E-state index in [9.17, 15) is 27.6 Å². The summed E-state index contributed by atoms with van der Waals surface area (Å²) in [5, 5.41) is 4.40. The number of anilines is 3. The van der Waals surface area contributed by atoms with Crippen LogP contribution in [0.3, 0.4) is 0 Å². The number of amides is 5. The quantitative estimate of drug-likeness (QED) is 0.0308. The van der Waals surface area contributed by atoms with E-state index in [1.165, 1.54) is 28.2 Å². The van der Waals surface area contributed by atoms with Crippen LogP contribution in [-0.4, -0.2) is 237 Å². The number of aromatic nitrogens is 2. The third-order valence-corrected chi connectivity index (χ3v) is 27.7. The number of ether oxygens (including phenoxy) is 6. The van der Waals surface area contributed by atoms with Gasteiger partial charge in [-0.05, 0) is 201 Å². The lowest BCUT2D eigenvalue weighted by Gasteiger charge is -2.36. The van der Waals surface area contributed by atoms with Crippen LogP contribution >= 0.6 is 11.3 Å². The van der Waals surface area contributed by atoms with Crippen molar-refractivity contribution in [1.29, 1.82) is 0 Å². The smallest absolute Gasteiger partial charge is 0.312 e. The third-order valence-electron chi connectivity index (χ3n) is 24.8. The Balaban J connectivity index is 0.000000161. The standard InChI is InChI=1S/C38H46N6O3.C30H38N4O5S2.C27H37N5O4/c1-4-41-21-23-43(24-22-41)35-8-5-7-32-33(35)28-44(38(32)45)34(31-10-11-36(46-2)37(25-31)47-3)9-6-20-42(26-29-12-16-39-17-13-29)27-30-14-18-40-19-15-30;1-4-32-15-17-33(18-16-32)26-9-5-8-23-24(26)21-34(30(23)35)25(22-12-13-27(38-2)28(20-22)39-3)10-6-14-31-41(36,37)29-11-7-19-40-29;1-4-30-13-15-31(16-14-30)23-8-5-7-20-21(23)18-32(26(20)33)22(9-6-12-29-27(28)34)19-10-11-24(35-2)25(17-19)36-3/h5,7-8,10-19,25,34H,4,6,9,20-24,26-28H2,1-3H3;5,7-9,11-13,19-20,25,31H,4,6,10,14-18,21H2,1-3H3;5,7-8,10-11,17,22H,4,6,9,12-16,18H2,1-3H3,(H3,28,29,34)/t34-;25-;22-/m111/s1. The molecule has 124 heavy (non-hydrogen) atoms. The van der Waals surface area contributed by atoms with Gasteiger partial charge < -0.3 is 83.6 Å². The van der Waals surface area contributed by atoms with Gasteiger partial charge in [-0.3, -0.25) is 29.3 Å². The highest BCUT2D eigenvalue weighted by Gasteiger charge is 2.41. The Morgan fingerprint density at radius 2 is 0.790 bits per heavy atom. The van der Waals surface area contributed by atoms with E-state index < -0.39 is 16.1 Å². The number of primary amides is 1. The summed E-state index contributed by atoms with van der Waals surface area (Å²) in [5.41, 5.74) is 19.7. The van der Waals surface area contributed by atoms with Crippen molar-refractivity contribution in [3.8, 4) is 34.5 Å². The van der Waals surface area contributed by atoms with Crippen molar-refractivity contribution in [2.45, 2.75) is 114 Å². The molecule has 29 heteroatoms. The number of sulfonamides is 1. The van der Waals surface area contributed by atoms with E-state index in [4.69, 9.17) is 34.2 Å². The molecule has 660 valence electrons. The highest BCUT2D eigenvalue weighted by Crippen LogP contribution is 2.45. The first-order valence-corrected chi connectivity index (χ1v) is 45.7. The number of benzene rings is 6. The summed E-state index contributed by atoms with van der Waals surface area (Å²) in [6.07, 6.45) is 11.6. The number of likely N-dealkylation sites (N-methyl/N-ethyl adjacent to an activating group) is 3. The van der Waals surface area contributed by atoms with E-state index in [1.54, 1.807) is 60.2 Å². The van der Waals surface area contributed by atoms with E-state index in [0.717, 1.165) is 192 Å². The zero-order valence-electron chi connectivity index (χ0n) is 73.1. The molecule has 0 aliphatic carbocycles. The molecule has 5 amide bonds. The molecular formula is C95H121N15O12S2. The lowest BCUT2D eigenvalue weighted by atomic mass is 9.99. The van der Waals surface area contributed by atoms with Gasteiger partial charge in [-0.2, -0.15) is 0 Å². The van der Waals surface area contributed by atoms with Gasteiger partial charge >= 0.3 is 6.03 Å². The van der Waals surface area contributed by atoms with E-state index in [0.29, 0.717) is 90.6 Å². The van der Waals surface area contributed by atoms with Crippen molar-refractivity contribution in [1.82, 2.24) is 54.3 Å². The molecule has 9 aromatic rings. The van der Waals surface area contributed by atoms with Crippen LogP contribution in [0.25, 0.3) is 0 Å². The van der Waals surface area contributed by atoms with Gasteiger partial charge in [-0.1, -0.05) is 63.2 Å². The second-order valence-electron chi connectivity index (χ2n) is 31.8. The van der Waals surface area contributed by atoms with Gasteiger partial charge in [0.05, 0.1) is 60.8 Å². The number of fused-ring (bicyclic) bond motifs is 3. The average molecular weight is 1730 g/mol. The first-order valence-electron chi connectivity index (χ1n) is 43.3. The largest absolute Gasteiger partial charge is 0.493 e. The molecule has 6 aliphatic rings. The van der Waals surface area contributed by atoms with Gasteiger partial charge in [0.2, 0.25) is 10.0 Å². The summed E-state index contributed by atoms with van der Waals surface area (Å²) < 4.78 is 61.6. The molecule has 27 nitrogen and oxygen atoms in total. The number of methoxy groups -OCH3 is 6. The molecule has 3 saturated heterocycles. The average Bonchev–Trinajstić information content (AvgIpc) is 1.62. The molecular weight excluding hydrogens is 1610 g/mol. The molecule has 4 N–H and O–H groups in total. The molecule has 3 fully saturated rings. The predicted molar refractivity (Wildman–Crippen MR) is 486 cm³/mol. The summed E-state index contributed by atoms with van der Waals surface area (Å²) in [5.74, 6) is 3.93. The molecule has 0 saturated carbocycles. The summed E-state index contributed by atoms with van der Waals surface area (Å²) in [6.45, 7) is 26.5. The number of pyridine rings is 2. The molecule has 0 unspecified atom stereocenters. The molecule has 0 bridgehead atoms. The monoisotopic (exact) mass is 1730 g/mol. The molecule has 6 aliphatic heterocycles. The number of urea groups is 1. The van der Waals surface area contributed by atoms with Crippen LogP contribution in [0.4, 0.5) is 21.9 Å². The second kappa shape index (κ2) is 43.5. The molecule has 9 heterocycles. The summed E-state index contributed by atoms with van der Waals surface area (Å²) in [4.78, 5) is 84.5. The Kier molecular flexibility index (Phi) is 31.8. The molecule has 3 atom stereocenters. The summed E-state index contributed by atoms with van der Waals surface area (Å²) in [6, 6.07) is 46.4. The number of nitrogens with two attached hydrogens (primary N) is 1. The fourth-order valence-corrected chi connectivity index (χ4v) is 20.1. The normalized spacial score (nSPS) is 16.2. The van der Waals surface area contributed by atoms with Crippen LogP contribution in [0.5, 0.6) is 34.5 Å². The minimum Gasteiger partial charge on any atom is -0.493 e. The predicted octanol–water partition coefficient (Wildman–Crippen LogP) is 13.2. The third kappa shape index (κ3) is 21.8. The topological polar surface area (TPSA) is 266 Å². The van der Waals surface area contributed by atoms with E-state index >= 15 is 0 Å². The number of nitrogens with zero attached hydrogens (tertiary/aromatic N) is 12. The second-order valence-corrected chi connectivity index (χ2v) is 34.8. The maximum Gasteiger partial charge on any atom is 0.312 e. The van der Waals surface area contributed by atoms with Gasteiger partial charge in [0.15, 0.2) is 34.5 Å². The summed E-state index contributed by atoms with van der Waals surface area (Å²) >= 11 is 1.19. The van der Waals surface area contributed by atoms with Gasteiger partial charge in [0.1, 0.15) is 4.21 Å². The summed E-state index contributed by atoms with van der Waals surface area (Å²) in [7, 11) is 6.16. The van der Waals surface area contributed by atoms with Crippen LogP contribution in [0.1, 0.15) is 153 Å². The van der Waals surface area contributed by atoms with Crippen LogP contribution in [-0.2, 0) is 42.7 Å². The van der Waals surface area contributed by atoms with Crippen LogP contribution < -0.4 is 58.9 Å². The highest BCUT2D eigenvalue weighted by molar-refractivity contribution is 7.91. The maximum absolute atomic E-state index is 14.2. The molecule has 0 radical (unpaired) electrons. The van der Waals surface area contributed by atoms with Crippen molar-refractivity contribution >= 4 is 62.2 Å². The number of hydrogen-bond acceptors (Lipinski definition) is 22. The minimum absolute atomic E-state index is 0.00649. The lowest BCUT2D eigenvalue weighted by molar-refractivity contribution is 0.0678. The van der Waals surface area contributed by atoms with E-state index in [1.807, 2.05) is 120 Å². The van der Waals surface area contributed by atoms with Crippen LogP contribution in [0, 0.1) is 0 Å². The van der Waals surface area contributed by atoms with E-state index in [2.05, 4.69) is 129 Å². The van der Waals surface area contributed by atoms with Crippen molar-refractivity contribution in [3.63, 3.8) is 0 Å².